The predicted molar refractivity (Wildman–Crippen MR) is 79.3 cm³/mol. The maximum absolute atomic E-state index is 5.15. The van der Waals surface area contributed by atoms with E-state index in [9.17, 15) is 0 Å². The number of aliphatic imine (C=N–C) groups is 1. The fourth-order valence-electron chi connectivity index (χ4n) is 1.99. The molecular formula is C14H15N3OS. The number of methoxy groups -OCH3 is 1. The first-order valence-electron chi connectivity index (χ1n) is 6.25. The molecule has 2 heterocycles. The van der Waals surface area contributed by atoms with Gasteiger partial charge in [-0.05, 0) is 30.7 Å². The Kier molecular flexibility index (Phi) is 3.46. The van der Waals surface area contributed by atoms with E-state index in [0.29, 0.717) is 0 Å². The quantitative estimate of drug-likeness (QED) is 0.932. The highest BCUT2D eigenvalue weighted by Crippen LogP contribution is 2.26. The Bertz CT molecular complexity index is 589. The molecule has 0 aliphatic carbocycles. The van der Waals surface area contributed by atoms with E-state index in [2.05, 4.69) is 20.7 Å². The van der Waals surface area contributed by atoms with Crippen LogP contribution in [0.3, 0.4) is 0 Å². The standard InChI is InChI=1S/C14H15N3OS/c1-18-11-6-4-10(5-7-11)12-9-19-14(16-12)17-13-3-2-8-15-13/h4-7,9H,2-3,8H2,1H3,(H,15,16,17). The van der Waals surface area contributed by atoms with E-state index in [1.54, 1.807) is 18.4 Å². The second kappa shape index (κ2) is 5.40. The van der Waals surface area contributed by atoms with E-state index >= 15 is 0 Å². The normalized spacial score (nSPS) is 14.3. The van der Waals surface area contributed by atoms with Crippen LogP contribution in [-0.4, -0.2) is 24.5 Å². The van der Waals surface area contributed by atoms with Gasteiger partial charge in [-0.2, -0.15) is 0 Å². The second-order valence-electron chi connectivity index (χ2n) is 4.32. The highest BCUT2D eigenvalue weighted by molar-refractivity contribution is 7.14. The molecule has 0 saturated heterocycles. The van der Waals surface area contributed by atoms with E-state index < -0.39 is 0 Å². The molecule has 0 spiro atoms. The molecule has 98 valence electrons. The zero-order valence-electron chi connectivity index (χ0n) is 10.7. The van der Waals surface area contributed by atoms with Gasteiger partial charge in [0, 0.05) is 23.9 Å². The minimum absolute atomic E-state index is 0.859. The van der Waals surface area contributed by atoms with Crippen molar-refractivity contribution in [1.29, 1.82) is 0 Å². The smallest absolute Gasteiger partial charge is 0.188 e. The Labute approximate surface area is 116 Å². The molecule has 0 fully saturated rings. The average molecular weight is 273 g/mol. The van der Waals surface area contributed by atoms with E-state index in [-0.39, 0.29) is 0 Å². The number of rotatable bonds is 3. The number of hydrogen-bond acceptors (Lipinski definition) is 5. The molecule has 4 nitrogen and oxygen atoms in total. The molecule has 1 N–H and O–H groups in total. The van der Waals surface area contributed by atoms with E-state index in [0.717, 1.165) is 47.4 Å². The van der Waals surface area contributed by atoms with Crippen molar-refractivity contribution in [3.63, 3.8) is 0 Å². The van der Waals surface area contributed by atoms with Crippen molar-refractivity contribution in [3.05, 3.63) is 29.6 Å². The number of ether oxygens (including phenoxy) is 1. The van der Waals surface area contributed by atoms with Crippen LogP contribution in [0.5, 0.6) is 5.75 Å². The van der Waals surface area contributed by atoms with Crippen molar-refractivity contribution in [2.75, 3.05) is 19.0 Å². The van der Waals surface area contributed by atoms with E-state index in [4.69, 9.17) is 4.74 Å². The van der Waals surface area contributed by atoms with Crippen LogP contribution in [0.1, 0.15) is 12.8 Å². The summed E-state index contributed by atoms with van der Waals surface area (Å²) in [6, 6.07) is 7.93. The Balaban J connectivity index is 1.76. The first-order valence-corrected chi connectivity index (χ1v) is 7.13. The van der Waals surface area contributed by atoms with Gasteiger partial charge in [0.05, 0.1) is 12.8 Å². The lowest BCUT2D eigenvalue weighted by Gasteiger charge is -2.01. The van der Waals surface area contributed by atoms with Gasteiger partial charge in [-0.1, -0.05) is 0 Å². The Morgan fingerprint density at radius 1 is 1.26 bits per heavy atom. The van der Waals surface area contributed by atoms with Crippen LogP contribution in [0, 0.1) is 0 Å². The first-order chi connectivity index (χ1) is 9.35. The summed E-state index contributed by atoms with van der Waals surface area (Å²) in [6.45, 7) is 0.930. The highest BCUT2D eigenvalue weighted by atomic mass is 32.1. The van der Waals surface area contributed by atoms with Crippen LogP contribution in [0.2, 0.25) is 0 Å². The molecule has 3 rings (SSSR count). The molecule has 5 heteroatoms. The fraction of sp³-hybridized carbons (Fsp3) is 0.286. The molecule has 0 unspecified atom stereocenters. The van der Waals surface area contributed by atoms with Gasteiger partial charge in [-0.3, -0.25) is 4.99 Å². The minimum atomic E-state index is 0.859. The Morgan fingerprint density at radius 3 is 2.79 bits per heavy atom. The van der Waals surface area contributed by atoms with Crippen LogP contribution in [0.15, 0.2) is 34.6 Å². The third kappa shape index (κ3) is 2.76. The zero-order valence-corrected chi connectivity index (χ0v) is 11.5. The number of anilines is 1. The third-order valence-electron chi connectivity index (χ3n) is 3.02. The highest BCUT2D eigenvalue weighted by Gasteiger charge is 2.09. The van der Waals surface area contributed by atoms with Gasteiger partial charge in [-0.25, -0.2) is 4.98 Å². The summed E-state index contributed by atoms with van der Waals surface area (Å²) in [5.41, 5.74) is 2.08. The van der Waals surface area contributed by atoms with Crippen molar-refractivity contribution in [3.8, 4) is 17.0 Å². The topological polar surface area (TPSA) is 46.5 Å². The molecule has 0 bridgehead atoms. The number of nitrogens with one attached hydrogen (secondary N) is 1. The van der Waals surface area contributed by atoms with Crippen LogP contribution in [0.4, 0.5) is 5.13 Å². The summed E-state index contributed by atoms with van der Waals surface area (Å²) >= 11 is 1.61. The van der Waals surface area contributed by atoms with Crippen molar-refractivity contribution < 1.29 is 4.74 Å². The largest absolute Gasteiger partial charge is 0.497 e. The van der Waals surface area contributed by atoms with E-state index in [1.807, 2.05) is 24.3 Å². The number of amidine groups is 1. The number of aromatic nitrogens is 1. The monoisotopic (exact) mass is 273 g/mol. The van der Waals surface area contributed by atoms with Gasteiger partial charge in [0.15, 0.2) is 5.13 Å². The maximum Gasteiger partial charge on any atom is 0.188 e. The SMILES string of the molecule is COc1ccc(-c2csc(NC3=NCCC3)n2)cc1. The summed E-state index contributed by atoms with van der Waals surface area (Å²) in [6.07, 6.45) is 2.16. The lowest BCUT2D eigenvalue weighted by molar-refractivity contribution is 0.415. The van der Waals surface area contributed by atoms with Crippen molar-refractivity contribution in [2.45, 2.75) is 12.8 Å². The number of nitrogens with zero attached hydrogens (tertiary/aromatic N) is 2. The van der Waals surface area contributed by atoms with Crippen LogP contribution in [-0.2, 0) is 0 Å². The Hall–Kier alpha value is -1.88. The second-order valence-corrected chi connectivity index (χ2v) is 5.18. The molecule has 1 aliphatic rings. The van der Waals surface area contributed by atoms with Gasteiger partial charge < -0.3 is 10.1 Å². The molecule has 19 heavy (non-hydrogen) atoms. The van der Waals surface area contributed by atoms with Gasteiger partial charge >= 0.3 is 0 Å². The van der Waals surface area contributed by atoms with Gasteiger partial charge in [-0.15, -0.1) is 11.3 Å². The lowest BCUT2D eigenvalue weighted by atomic mass is 10.2. The number of thiazole rings is 1. The summed E-state index contributed by atoms with van der Waals surface area (Å²) in [5, 5.41) is 6.25. The summed E-state index contributed by atoms with van der Waals surface area (Å²) in [7, 11) is 1.67. The average Bonchev–Trinajstić information content (AvgIpc) is 3.11. The molecule has 1 aliphatic heterocycles. The Morgan fingerprint density at radius 2 is 2.11 bits per heavy atom. The first kappa shape index (κ1) is 12.2. The molecule has 0 radical (unpaired) electrons. The number of hydrogen-bond donors (Lipinski definition) is 1. The number of benzene rings is 1. The molecular weight excluding hydrogens is 258 g/mol. The fourth-order valence-corrected chi connectivity index (χ4v) is 2.73. The van der Waals surface area contributed by atoms with Crippen LogP contribution in [0.25, 0.3) is 11.3 Å². The zero-order chi connectivity index (χ0) is 13.1. The molecule has 2 aromatic rings. The van der Waals surface area contributed by atoms with Gasteiger partial charge in [0.2, 0.25) is 0 Å². The minimum Gasteiger partial charge on any atom is -0.497 e. The summed E-state index contributed by atoms with van der Waals surface area (Å²) in [4.78, 5) is 8.98. The lowest BCUT2D eigenvalue weighted by Crippen LogP contribution is -2.07. The third-order valence-corrected chi connectivity index (χ3v) is 3.77. The van der Waals surface area contributed by atoms with Crippen molar-refractivity contribution >= 4 is 22.3 Å². The molecule has 1 aromatic heterocycles. The van der Waals surface area contributed by atoms with E-state index in [1.165, 1.54) is 0 Å². The molecule has 0 saturated carbocycles. The summed E-state index contributed by atoms with van der Waals surface area (Å²) in [5.74, 6) is 1.91. The van der Waals surface area contributed by atoms with Gasteiger partial charge in [0.25, 0.3) is 0 Å². The van der Waals surface area contributed by atoms with Crippen molar-refractivity contribution in [1.82, 2.24) is 4.98 Å². The maximum atomic E-state index is 5.15. The van der Waals surface area contributed by atoms with Gasteiger partial charge in [0.1, 0.15) is 11.6 Å². The van der Waals surface area contributed by atoms with Crippen molar-refractivity contribution in [2.24, 2.45) is 4.99 Å². The van der Waals surface area contributed by atoms with Crippen LogP contribution >= 0.6 is 11.3 Å². The summed E-state index contributed by atoms with van der Waals surface area (Å²) < 4.78 is 5.15. The molecule has 1 aromatic carbocycles. The molecule has 0 atom stereocenters. The van der Waals surface area contributed by atoms with Crippen LogP contribution < -0.4 is 10.1 Å². The molecule has 0 amide bonds. The predicted octanol–water partition coefficient (Wildman–Crippen LogP) is 3.42.